The standard InChI is InChI=1S/C8H14N2OS/c1-8(2,9)4-6-5-10-7(11-3)12-6/h5H,4,9H2,1-3H3. The van der Waals surface area contributed by atoms with Crippen LogP contribution in [0.4, 0.5) is 0 Å². The van der Waals surface area contributed by atoms with Crippen molar-refractivity contribution in [2.45, 2.75) is 25.8 Å². The van der Waals surface area contributed by atoms with E-state index >= 15 is 0 Å². The highest BCUT2D eigenvalue weighted by Crippen LogP contribution is 2.22. The zero-order valence-corrected chi connectivity index (χ0v) is 8.44. The van der Waals surface area contributed by atoms with Gasteiger partial charge in [0.25, 0.3) is 5.19 Å². The van der Waals surface area contributed by atoms with E-state index < -0.39 is 0 Å². The van der Waals surface area contributed by atoms with Gasteiger partial charge in [-0.3, -0.25) is 0 Å². The predicted octanol–water partition coefficient (Wildman–Crippen LogP) is 1.43. The van der Waals surface area contributed by atoms with Crippen molar-refractivity contribution < 1.29 is 4.74 Å². The van der Waals surface area contributed by atoms with Gasteiger partial charge in [0.05, 0.1) is 7.11 Å². The third-order valence-electron chi connectivity index (χ3n) is 1.34. The summed E-state index contributed by atoms with van der Waals surface area (Å²) in [5, 5.41) is 0.703. The van der Waals surface area contributed by atoms with Crippen molar-refractivity contribution in [1.82, 2.24) is 4.98 Å². The SMILES string of the molecule is COc1ncc(CC(C)(C)N)s1. The lowest BCUT2D eigenvalue weighted by molar-refractivity contribution is 0.412. The Labute approximate surface area is 76.6 Å². The molecular formula is C8H14N2OS. The van der Waals surface area contributed by atoms with Gasteiger partial charge < -0.3 is 10.5 Å². The molecule has 0 amide bonds. The fourth-order valence-electron chi connectivity index (χ4n) is 0.915. The minimum Gasteiger partial charge on any atom is -0.473 e. The van der Waals surface area contributed by atoms with Crippen LogP contribution in [0.15, 0.2) is 6.20 Å². The Bertz CT molecular complexity index is 252. The summed E-state index contributed by atoms with van der Waals surface area (Å²) >= 11 is 1.55. The van der Waals surface area contributed by atoms with Crippen molar-refractivity contribution >= 4 is 11.3 Å². The van der Waals surface area contributed by atoms with Crippen molar-refractivity contribution in [3.8, 4) is 5.19 Å². The quantitative estimate of drug-likeness (QED) is 0.777. The zero-order chi connectivity index (χ0) is 9.19. The van der Waals surface area contributed by atoms with Gasteiger partial charge in [-0.05, 0) is 13.8 Å². The number of rotatable bonds is 3. The van der Waals surface area contributed by atoms with Crippen LogP contribution in [-0.2, 0) is 6.42 Å². The molecule has 0 aliphatic carbocycles. The van der Waals surface area contributed by atoms with Crippen LogP contribution >= 0.6 is 11.3 Å². The Morgan fingerprint density at radius 2 is 2.33 bits per heavy atom. The Kier molecular flexibility index (Phi) is 2.69. The first-order valence-electron chi connectivity index (χ1n) is 3.79. The van der Waals surface area contributed by atoms with E-state index in [1.165, 1.54) is 4.88 Å². The number of nitrogens with two attached hydrogens (primary N) is 1. The highest BCUT2D eigenvalue weighted by atomic mass is 32.1. The van der Waals surface area contributed by atoms with Crippen molar-refractivity contribution in [3.05, 3.63) is 11.1 Å². The summed E-state index contributed by atoms with van der Waals surface area (Å²) in [5.41, 5.74) is 5.69. The third-order valence-corrected chi connectivity index (χ3v) is 2.30. The molecule has 1 aromatic heterocycles. The van der Waals surface area contributed by atoms with Gasteiger partial charge in [0.15, 0.2) is 0 Å². The molecule has 0 aromatic carbocycles. The van der Waals surface area contributed by atoms with E-state index in [0.29, 0.717) is 5.19 Å². The average Bonchev–Trinajstić information content (AvgIpc) is 2.32. The Morgan fingerprint density at radius 3 is 2.75 bits per heavy atom. The molecule has 3 nitrogen and oxygen atoms in total. The highest BCUT2D eigenvalue weighted by molar-refractivity contribution is 7.13. The molecule has 0 aliphatic heterocycles. The molecule has 1 aromatic rings. The van der Waals surface area contributed by atoms with Crippen molar-refractivity contribution in [2.24, 2.45) is 5.73 Å². The number of aromatic nitrogens is 1. The maximum atomic E-state index is 5.86. The molecule has 0 radical (unpaired) electrons. The van der Waals surface area contributed by atoms with E-state index in [1.54, 1.807) is 18.4 Å². The number of ether oxygens (including phenoxy) is 1. The molecule has 0 fully saturated rings. The molecule has 12 heavy (non-hydrogen) atoms. The van der Waals surface area contributed by atoms with E-state index in [0.717, 1.165) is 6.42 Å². The van der Waals surface area contributed by atoms with Gasteiger partial charge in [-0.2, -0.15) is 0 Å². The van der Waals surface area contributed by atoms with Crippen molar-refractivity contribution in [1.29, 1.82) is 0 Å². The first kappa shape index (κ1) is 9.48. The van der Waals surface area contributed by atoms with E-state index in [4.69, 9.17) is 10.5 Å². The molecule has 0 unspecified atom stereocenters. The normalized spacial score (nSPS) is 11.7. The molecular weight excluding hydrogens is 172 g/mol. The first-order valence-corrected chi connectivity index (χ1v) is 4.60. The molecule has 68 valence electrons. The number of nitrogens with zero attached hydrogens (tertiary/aromatic N) is 1. The van der Waals surface area contributed by atoms with Crippen LogP contribution in [0.3, 0.4) is 0 Å². The fraction of sp³-hybridized carbons (Fsp3) is 0.625. The molecule has 0 saturated heterocycles. The van der Waals surface area contributed by atoms with Gasteiger partial charge in [0.1, 0.15) is 0 Å². The summed E-state index contributed by atoms with van der Waals surface area (Å²) in [6.45, 7) is 4.00. The molecule has 1 rings (SSSR count). The van der Waals surface area contributed by atoms with Gasteiger partial charge >= 0.3 is 0 Å². The molecule has 0 aliphatic rings. The molecule has 0 saturated carbocycles. The molecule has 0 spiro atoms. The number of methoxy groups -OCH3 is 1. The topological polar surface area (TPSA) is 48.1 Å². The van der Waals surface area contributed by atoms with E-state index in [1.807, 2.05) is 20.0 Å². The van der Waals surface area contributed by atoms with Crippen LogP contribution in [0.25, 0.3) is 0 Å². The van der Waals surface area contributed by atoms with Crippen LogP contribution in [0.5, 0.6) is 5.19 Å². The summed E-state index contributed by atoms with van der Waals surface area (Å²) in [6.07, 6.45) is 2.66. The lowest BCUT2D eigenvalue weighted by Crippen LogP contribution is -2.33. The van der Waals surface area contributed by atoms with Gasteiger partial charge in [0.2, 0.25) is 0 Å². The first-order chi connectivity index (χ1) is 5.51. The van der Waals surface area contributed by atoms with Gasteiger partial charge in [-0.25, -0.2) is 4.98 Å². The molecule has 0 atom stereocenters. The summed E-state index contributed by atoms with van der Waals surface area (Å²) in [4.78, 5) is 5.23. The third kappa shape index (κ3) is 2.79. The van der Waals surface area contributed by atoms with E-state index in [9.17, 15) is 0 Å². The number of thiazole rings is 1. The highest BCUT2D eigenvalue weighted by Gasteiger charge is 2.13. The Morgan fingerprint density at radius 1 is 1.67 bits per heavy atom. The molecule has 1 heterocycles. The van der Waals surface area contributed by atoms with Gasteiger partial charge in [-0.15, -0.1) is 0 Å². The molecule has 2 N–H and O–H groups in total. The predicted molar refractivity (Wildman–Crippen MR) is 50.6 cm³/mol. The molecule has 4 heteroatoms. The monoisotopic (exact) mass is 186 g/mol. The second-order valence-electron chi connectivity index (χ2n) is 3.46. The number of hydrogen-bond acceptors (Lipinski definition) is 4. The fourth-order valence-corrected chi connectivity index (χ4v) is 1.88. The lowest BCUT2D eigenvalue weighted by Gasteiger charge is -2.15. The van der Waals surface area contributed by atoms with Crippen LogP contribution in [0.2, 0.25) is 0 Å². The number of hydrogen-bond donors (Lipinski definition) is 1. The lowest BCUT2D eigenvalue weighted by atomic mass is 10.0. The zero-order valence-electron chi connectivity index (χ0n) is 7.63. The summed E-state index contributed by atoms with van der Waals surface area (Å²) in [5.74, 6) is 0. The summed E-state index contributed by atoms with van der Waals surface area (Å²) in [7, 11) is 1.62. The molecule has 0 bridgehead atoms. The maximum absolute atomic E-state index is 5.86. The summed E-state index contributed by atoms with van der Waals surface area (Å²) < 4.78 is 4.98. The van der Waals surface area contributed by atoms with Crippen LogP contribution in [0, 0.1) is 0 Å². The van der Waals surface area contributed by atoms with Crippen LogP contribution in [-0.4, -0.2) is 17.6 Å². The van der Waals surface area contributed by atoms with Crippen molar-refractivity contribution in [3.63, 3.8) is 0 Å². The van der Waals surface area contributed by atoms with Crippen LogP contribution in [0.1, 0.15) is 18.7 Å². The minimum atomic E-state index is -0.169. The van der Waals surface area contributed by atoms with E-state index in [2.05, 4.69) is 4.98 Å². The Hall–Kier alpha value is -0.610. The minimum absolute atomic E-state index is 0.169. The van der Waals surface area contributed by atoms with Crippen molar-refractivity contribution in [2.75, 3.05) is 7.11 Å². The second kappa shape index (κ2) is 3.41. The maximum Gasteiger partial charge on any atom is 0.273 e. The van der Waals surface area contributed by atoms with Crippen LogP contribution < -0.4 is 10.5 Å². The Balaban J connectivity index is 2.64. The van der Waals surface area contributed by atoms with E-state index in [-0.39, 0.29) is 5.54 Å². The summed E-state index contributed by atoms with van der Waals surface area (Å²) in [6, 6.07) is 0. The van der Waals surface area contributed by atoms with Gasteiger partial charge in [0, 0.05) is 23.0 Å². The largest absolute Gasteiger partial charge is 0.473 e. The smallest absolute Gasteiger partial charge is 0.273 e. The average molecular weight is 186 g/mol. The second-order valence-corrected chi connectivity index (χ2v) is 4.54. The van der Waals surface area contributed by atoms with Gasteiger partial charge in [-0.1, -0.05) is 11.3 Å².